The van der Waals surface area contributed by atoms with Crippen LogP contribution in [-0.2, 0) is 9.84 Å². The number of aryl methyl sites for hydroxylation is 1. The van der Waals surface area contributed by atoms with Gasteiger partial charge < -0.3 is 10.5 Å². The van der Waals surface area contributed by atoms with Crippen LogP contribution in [0.5, 0.6) is 5.75 Å². The van der Waals surface area contributed by atoms with Gasteiger partial charge in [-0.2, -0.15) is 0 Å². The molecule has 0 atom stereocenters. The fourth-order valence-electron chi connectivity index (χ4n) is 1.32. The smallest absolute Gasteiger partial charge is 0.179 e. The Morgan fingerprint density at radius 3 is 2.53 bits per heavy atom. The van der Waals surface area contributed by atoms with E-state index in [1.807, 2.05) is 0 Å². The maximum Gasteiger partial charge on any atom is 0.179 e. The summed E-state index contributed by atoms with van der Waals surface area (Å²) in [6.45, 7) is 1.94. The van der Waals surface area contributed by atoms with E-state index in [4.69, 9.17) is 10.5 Å². The Morgan fingerprint density at radius 1 is 1.40 bits per heavy atom. The molecule has 5 heteroatoms. The number of rotatable bonds is 4. The van der Waals surface area contributed by atoms with Gasteiger partial charge in [0.15, 0.2) is 9.84 Å². The highest BCUT2D eigenvalue weighted by molar-refractivity contribution is 7.91. The SMILES string of the molecule is COc1ccc(S(=O)(=O)CCN)cc1C. The fourth-order valence-corrected chi connectivity index (χ4v) is 2.50. The average molecular weight is 229 g/mol. The molecule has 0 unspecified atom stereocenters. The van der Waals surface area contributed by atoms with Crippen LogP contribution in [0.4, 0.5) is 0 Å². The van der Waals surface area contributed by atoms with Crippen molar-refractivity contribution in [2.45, 2.75) is 11.8 Å². The van der Waals surface area contributed by atoms with Gasteiger partial charge in [-0.25, -0.2) is 8.42 Å². The molecule has 1 aromatic carbocycles. The van der Waals surface area contributed by atoms with E-state index in [9.17, 15) is 8.42 Å². The highest BCUT2D eigenvalue weighted by Crippen LogP contribution is 2.21. The summed E-state index contributed by atoms with van der Waals surface area (Å²) in [5.74, 6) is 0.653. The molecular weight excluding hydrogens is 214 g/mol. The van der Waals surface area contributed by atoms with Crippen molar-refractivity contribution in [3.63, 3.8) is 0 Å². The maximum atomic E-state index is 11.7. The quantitative estimate of drug-likeness (QED) is 0.826. The van der Waals surface area contributed by atoms with Gasteiger partial charge in [-0.1, -0.05) is 0 Å². The van der Waals surface area contributed by atoms with Crippen LogP contribution in [0, 0.1) is 6.92 Å². The van der Waals surface area contributed by atoms with Crippen LogP contribution < -0.4 is 10.5 Å². The third kappa shape index (κ3) is 2.70. The molecule has 0 saturated carbocycles. The Morgan fingerprint density at radius 2 is 2.07 bits per heavy atom. The van der Waals surface area contributed by atoms with Gasteiger partial charge in [-0.05, 0) is 30.7 Å². The minimum atomic E-state index is -3.24. The number of methoxy groups -OCH3 is 1. The van der Waals surface area contributed by atoms with E-state index in [2.05, 4.69) is 0 Å². The lowest BCUT2D eigenvalue weighted by atomic mass is 10.2. The topological polar surface area (TPSA) is 69.4 Å². The highest BCUT2D eigenvalue weighted by atomic mass is 32.2. The van der Waals surface area contributed by atoms with E-state index >= 15 is 0 Å². The molecule has 0 spiro atoms. The van der Waals surface area contributed by atoms with Crippen molar-refractivity contribution in [3.05, 3.63) is 23.8 Å². The van der Waals surface area contributed by atoms with Crippen molar-refractivity contribution < 1.29 is 13.2 Å². The highest BCUT2D eigenvalue weighted by Gasteiger charge is 2.14. The summed E-state index contributed by atoms with van der Waals surface area (Å²) in [6, 6.07) is 4.79. The first-order valence-electron chi connectivity index (χ1n) is 4.58. The Hall–Kier alpha value is -1.07. The number of sulfone groups is 1. The molecule has 0 radical (unpaired) electrons. The Kier molecular flexibility index (Phi) is 3.71. The third-order valence-corrected chi connectivity index (χ3v) is 3.86. The van der Waals surface area contributed by atoms with Crippen LogP contribution in [0.25, 0.3) is 0 Å². The maximum absolute atomic E-state index is 11.7. The number of hydrogen-bond donors (Lipinski definition) is 1. The number of ether oxygens (including phenoxy) is 1. The first-order chi connectivity index (χ1) is 7.01. The molecule has 84 valence electrons. The minimum absolute atomic E-state index is 0.0290. The van der Waals surface area contributed by atoms with E-state index in [-0.39, 0.29) is 12.3 Å². The molecule has 15 heavy (non-hydrogen) atoms. The van der Waals surface area contributed by atoms with Gasteiger partial charge in [-0.3, -0.25) is 0 Å². The first kappa shape index (κ1) is 12.0. The second-order valence-electron chi connectivity index (χ2n) is 3.24. The summed E-state index contributed by atoms with van der Waals surface area (Å²) in [5.41, 5.74) is 6.04. The summed E-state index contributed by atoms with van der Waals surface area (Å²) >= 11 is 0. The Labute approximate surface area is 90.0 Å². The summed E-state index contributed by atoms with van der Waals surface area (Å²) in [4.78, 5) is 0.297. The second kappa shape index (κ2) is 4.63. The number of nitrogens with two attached hydrogens (primary N) is 1. The lowest BCUT2D eigenvalue weighted by molar-refractivity contribution is 0.411. The predicted molar refractivity (Wildman–Crippen MR) is 58.8 cm³/mol. The van der Waals surface area contributed by atoms with Crippen molar-refractivity contribution in [1.29, 1.82) is 0 Å². The lowest BCUT2D eigenvalue weighted by Gasteiger charge is -2.07. The van der Waals surface area contributed by atoms with E-state index in [1.54, 1.807) is 26.2 Å². The predicted octanol–water partition coefficient (Wildman–Crippen LogP) is 0.736. The van der Waals surface area contributed by atoms with Crippen molar-refractivity contribution in [3.8, 4) is 5.75 Å². The summed E-state index contributed by atoms with van der Waals surface area (Å²) < 4.78 is 28.4. The molecule has 0 aliphatic carbocycles. The Balaban J connectivity index is 3.13. The molecule has 0 saturated heterocycles. The van der Waals surface area contributed by atoms with Crippen molar-refractivity contribution >= 4 is 9.84 Å². The molecule has 0 amide bonds. The van der Waals surface area contributed by atoms with Crippen LogP contribution in [0.2, 0.25) is 0 Å². The molecule has 0 aliphatic heterocycles. The molecule has 1 aromatic rings. The molecule has 0 fully saturated rings. The van der Waals surface area contributed by atoms with Gasteiger partial charge in [0.1, 0.15) is 5.75 Å². The van der Waals surface area contributed by atoms with Gasteiger partial charge in [0.25, 0.3) is 0 Å². The van der Waals surface area contributed by atoms with Gasteiger partial charge in [0, 0.05) is 6.54 Å². The zero-order valence-corrected chi connectivity index (χ0v) is 9.67. The van der Waals surface area contributed by atoms with E-state index in [0.29, 0.717) is 10.6 Å². The number of benzene rings is 1. The second-order valence-corrected chi connectivity index (χ2v) is 5.35. The molecule has 0 aromatic heterocycles. The molecular formula is C10H15NO3S. The third-order valence-electron chi connectivity index (χ3n) is 2.11. The van der Waals surface area contributed by atoms with Crippen molar-refractivity contribution in [2.24, 2.45) is 5.73 Å². The average Bonchev–Trinajstić information content (AvgIpc) is 2.17. The molecule has 1 rings (SSSR count). The summed E-state index contributed by atoms with van der Waals surface area (Å²) in [5, 5.41) is 0. The van der Waals surface area contributed by atoms with Gasteiger partial charge in [-0.15, -0.1) is 0 Å². The van der Waals surface area contributed by atoms with E-state index < -0.39 is 9.84 Å². The van der Waals surface area contributed by atoms with Crippen molar-refractivity contribution in [2.75, 3.05) is 19.4 Å². The van der Waals surface area contributed by atoms with Crippen LogP contribution in [0.15, 0.2) is 23.1 Å². The molecule has 4 nitrogen and oxygen atoms in total. The minimum Gasteiger partial charge on any atom is -0.496 e. The summed E-state index contributed by atoms with van der Waals surface area (Å²) in [6.07, 6.45) is 0. The van der Waals surface area contributed by atoms with E-state index in [0.717, 1.165) is 5.56 Å². The van der Waals surface area contributed by atoms with Gasteiger partial charge >= 0.3 is 0 Å². The molecule has 0 aliphatic rings. The van der Waals surface area contributed by atoms with Gasteiger partial charge in [0.05, 0.1) is 17.8 Å². The molecule has 0 bridgehead atoms. The zero-order chi connectivity index (χ0) is 11.5. The number of hydrogen-bond acceptors (Lipinski definition) is 4. The standard InChI is InChI=1S/C10H15NO3S/c1-8-7-9(3-4-10(8)14-2)15(12,13)6-5-11/h3-4,7H,5-6,11H2,1-2H3. The van der Waals surface area contributed by atoms with Crippen LogP contribution in [0.3, 0.4) is 0 Å². The normalized spacial score (nSPS) is 11.4. The van der Waals surface area contributed by atoms with Crippen LogP contribution >= 0.6 is 0 Å². The van der Waals surface area contributed by atoms with E-state index in [1.165, 1.54) is 6.07 Å². The van der Waals surface area contributed by atoms with Crippen molar-refractivity contribution in [1.82, 2.24) is 0 Å². The lowest BCUT2D eigenvalue weighted by Crippen LogP contribution is -2.15. The first-order valence-corrected chi connectivity index (χ1v) is 6.24. The van der Waals surface area contributed by atoms with Crippen LogP contribution in [-0.4, -0.2) is 27.8 Å². The van der Waals surface area contributed by atoms with Gasteiger partial charge in [0.2, 0.25) is 0 Å². The fraction of sp³-hybridized carbons (Fsp3) is 0.400. The zero-order valence-electron chi connectivity index (χ0n) is 8.86. The summed E-state index contributed by atoms with van der Waals surface area (Å²) in [7, 11) is -1.69. The monoisotopic (exact) mass is 229 g/mol. The molecule has 0 heterocycles. The largest absolute Gasteiger partial charge is 0.496 e. The molecule has 2 N–H and O–H groups in total. The van der Waals surface area contributed by atoms with Crippen LogP contribution in [0.1, 0.15) is 5.56 Å². The Bertz CT molecular complexity index is 440.